The van der Waals surface area contributed by atoms with E-state index < -0.39 is 0 Å². The highest BCUT2D eigenvalue weighted by atomic mass is 16.2. The summed E-state index contributed by atoms with van der Waals surface area (Å²) in [5.41, 5.74) is 2.26. The van der Waals surface area contributed by atoms with Gasteiger partial charge in [-0.3, -0.25) is 19.3 Å². The fraction of sp³-hybridized carbons (Fsp3) is 0.304. The molecule has 1 aliphatic rings. The van der Waals surface area contributed by atoms with Gasteiger partial charge in [-0.15, -0.1) is 0 Å². The summed E-state index contributed by atoms with van der Waals surface area (Å²) in [6.45, 7) is 1.67. The molecular formula is C23H24N4O3. The number of imide groups is 1. The van der Waals surface area contributed by atoms with E-state index in [0.29, 0.717) is 36.3 Å². The van der Waals surface area contributed by atoms with Crippen LogP contribution in [0.4, 0.5) is 0 Å². The van der Waals surface area contributed by atoms with Crippen molar-refractivity contribution in [1.82, 2.24) is 14.7 Å². The van der Waals surface area contributed by atoms with Gasteiger partial charge in [-0.05, 0) is 43.9 Å². The second-order valence-electron chi connectivity index (χ2n) is 7.48. The first-order chi connectivity index (χ1) is 14.4. The van der Waals surface area contributed by atoms with E-state index in [0.717, 1.165) is 10.5 Å². The lowest BCUT2D eigenvalue weighted by Gasteiger charge is -2.25. The number of benzene rings is 2. The molecule has 0 fully saturated rings. The molecule has 1 aliphatic heterocycles. The fourth-order valence-electron chi connectivity index (χ4n) is 3.33. The number of nitrogens with zero attached hydrogens (tertiary/aromatic N) is 4. The molecule has 3 amide bonds. The van der Waals surface area contributed by atoms with Gasteiger partial charge in [0.15, 0.2) is 0 Å². The molecule has 2 aromatic rings. The SMILES string of the molecule is CN(C)CCN(Cc1ccc(C#N)cc1)C(=O)CCN1C(=O)c2ccccc2C1=O. The van der Waals surface area contributed by atoms with Gasteiger partial charge in [0, 0.05) is 32.6 Å². The Hall–Kier alpha value is -3.50. The normalized spacial score (nSPS) is 12.8. The minimum atomic E-state index is -0.352. The number of amides is 3. The molecule has 7 heteroatoms. The van der Waals surface area contributed by atoms with Crippen molar-refractivity contribution in [3.05, 3.63) is 70.8 Å². The highest BCUT2D eigenvalue weighted by Crippen LogP contribution is 2.22. The Morgan fingerprint density at radius 2 is 1.57 bits per heavy atom. The molecule has 0 saturated carbocycles. The van der Waals surface area contributed by atoms with Gasteiger partial charge in [0.2, 0.25) is 5.91 Å². The lowest BCUT2D eigenvalue weighted by molar-refractivity contribution is -0.132. The first-order valence-electron chi connectivity index (χ1n) is 9.77. The Morgan fingerprint density at radius 1 is 0.967 bits per heavy atom. The van der Waals surface area contributed by atoms with Crippen LogP contribution in [0.2, 0.25) is 0 Å². The summed E-state index contributed by atoms with van der Waals surface area (Å²) in [6.07, 6.45) is 0.0647. The number of carbonyl (C=O) groups is 3. The minimum absolute atomic E-state index is 0.0526. The van der Waals surface area contributed by atoms with Gasteiger partial charge >= 0.3 is 0 Å². The first kappa shape index (κ1) is 21.2. The third kappa shape index (κ3) is 4.73. The van der Waals surface area contributed by atoms with Crippen molar-refractivity contribution in [3.63, 3.8) is 0 Å². The Bertz CT molecular complexity index is 957. The first-order valence-corrected chi connectivity index (χ1v) is 9.77. The summed E-state index contributed by atoms with van der Waals surface area (Å²) in [4.78, 5) is 42.8. The smallest absolute Gasteiger partial charge is 0.261 e. The van der Waals surface area contributed by atoms with E-state index >= 15 is 0 Å². The Kier molecular flexibility index (Phi) is 6.60. The monoisotopic (exact) mass is 404 g/mol. The number of hydrogen-bond donors (Lipinski definition) is 0. The molecule has 154 valence electrons. The predicted octanol–water partition coefficient (Wildman–Crippen LogP) is 2.13. The van der Waals surface area contributed by atoms with Crippen molar-refractivity contribution in [3.8, 4) is 6.07 Å². The maximum Gasteiger partial charge on any atom is 0.261 e. The van der Waals surface area contributed by atoms with Gasteiger partial charge in [0.1, 0.15) is 0 Å². The summed E-state index contributed by atoms with van der Waals surface area (Å²) in [5.74, 6) is -0.830. The zero-order valence-electron chi connectivity index (χ0n) is 17.2. The Balaban J connectivity index is 1.66. The average Bonchev–Trinajstić information content (AvgIpc) is 3.00. The van der Waals surface area contributed by atoms with Crippen molar-refractivity contribution in [2.24, 2.45) is 0 Å². The highest BCUT2D eigenvalue weighted by Gasteiger charge is 2.35. The number of rotatable bonds is 8. The van der Waals surface area contributed by atoms with Gasteiger partial charge < -0.3 is 9.80 Å². The van der Waals surface area contributed by atoms with Gasteiger partial charge in [-0.25, -0.2) is 0 Å². The summed E-state index contributed by atoms with van der Waals surface area (Å²) in [5, 5.41) is 8.95. The van der Waals surface area contributed by atoms with Crippen molar-refractivity contribution in [1.29, 1.82) is 5.26 Å². The molecule has 0 bridgehead atoms. The van der Waals surface area contributed by atoms with E-state index in [1.165, 1.54) is 0 Å². The van der Waals surface area contributed by atoms with Gasteiger partial charge in [0.25, 0.3) is 11.8 Å². The lowest BCUT2D eigenvalue weighted by Crippen LogP contribution is -2.39. The second-order valence-corrected chi connectivity index (χ2v) is 7.48. The van der Waals surface area contributed by atoms with E-state index in [1.54, 1.807) is 41.3 Å². The van der Waals surface area contributed by atoms with Crippen molar-refractivity contribution in [2.45, 2.75) is 13.0 Å². The van der Waals surface area contributed by atoms with Crippen LogP contribution in [0.15, 0.2) is 48.5 Å². The van der Waals surface area contributed by atoms with Crippen LogP contribution < -0.4 is 0 Å². The summed E-state index contributed by atoms with van der Waals surface area (Å²) in [7, 11) is 3.87. The third-order valence-corrected chi connectivity index (χ3v) is 5.05. The van der Waals surface area contributed by atoms with Crippen LogP contribution in [0.3, 0.4) is 0 Å². The van der Waals surface area contributed by atoms with Crippen molar-refractivity contribution < 1.29 is 14.4 Å². The topological polar surface area (TPSA) is 84.7 Å². The number of carbonyl (C=O) groups excluding carboxylic acids is 3. The van der Waals surface area contributed by atoms with Crippen LogP contribution in [0.25, 0.3) is 0 Å². The molecule has 2 aromatic carbocycles. The summed E-state index contributed by atoms with van der Waals surface area (Å²) >= 11 is 0. The minimum Gasteiger partial charge on any atom is -0.337 e. The molecule has 0 N–H and O–H groups in total. The number of fused-ring (bicyclic) bond motifs is 1. The molecule has 0 atom stereocenters. The largest absolute Gasteiger partial charge is 0.337 e. The molecule has 0 saturated heterocycles. The van der Waals surface area contributed by atoms with E-state index in [4.69, 9.17) is 5.26 Å². The van der Waals surface area contributed by atoms with Gasteiger partial charge in [0.05, 0.1) is 22.8 Å². The Labute approximate surface area is 176 Å². The Morgan fingerprint density at radius 3 is 2.10 bits per heavy atom. The third-order valence-electron chi connectivity index (χ3n) is 5.05. The van der Waals surface area contributed by atoms with Gasteiger partial charge in [-0.2, -0.15) is 5.26 Å². The number of nitriles is 1. The quantitative estimate of drug-likeness (QED) is 0.630. The molecule has 3 rings (SSSR count). The molecule has 0 spiro atoms. The average molecular weight is 404 g/mol. The number of hydrogen-bond acceptors (Lipinski definition) is 5. The molecule has 0 radical (unpaired) electrons. The maximum atomic E-state index is 12.9. The van der Waals surface area contributed by atoms with E-state index in [9.17, 15) is 14.4 Å². The molecular weight excluding hydrogens is 380 g/mol. The molecule has 0 unspecified atom stereocenters. The molecule has 1 heterocycles. The second kappa shape index (κ2) is 9.33. The lowest BCUT2D eigenvalue weighted by atomic mass is 10.1. The van der Waals surface area contributed by atoms with E-state index in [1.807, 2.05) is 31.1 Å². The zero-order valence-corrected chi connectivity index (χ0v) is 17.2. The van der Waals surface area contributed by atoms with Crippen LogP contribution in [-0.4, -0.2) is 66.2 Å². The van der Waals surface area contributed by atoms with Crippen LogP contribution in [0.1, 0.15) is 38.3 Å². The van der Waals surface area contributed by atoms with Crippen molar-refractivity contribution >= 4 is 17.7 Å². The predicted molar refractivity (Wildman–Crippen MR) is 112 cm³/mol. The zero-order chi connectivity index (χ0) is 21.7. The van der Waals surface area contributed by atoms with Crippen LogP contribution in [0.5, 0.6) is 0 Å². The van der Waals surface area contributed by atoms with E-state index in [2.05, 4.69) is 6.07 Å². The standard InChI is InChI=1S/C23H24N4O3/c1-25(2)13-14-26(16-18-9-7-17(15-24)8-10-18)21(28)11-12-27-22(29)19-5-3-4-6-20(19)23(27)30/h3-10H,11-14,16H2,1-2H3. The summed E-state index contributed by atoms with van der Waals surface area (Å²) < 4.78 is 0. The van der Waals surface area contributed by atoms with Crippen LogP contribution >= 0.6 is 0 Å². The number of likely N-dealkylation sites (N-methyl/N-ethyl adjacent to an activating group) is 1. The van der Waals surface area contributed by atoms with Crippen molar-refractivity contribution in [2.75, 3.05) is 33.7 Å². The van der Waals surface area contributed by atoms with Gasteiger partial charge in [-0.1, -0.05) is 24.3 Å². The molecule has 0 aromatic heterocycles. The van der Waals surface area contributed by atoms with Crippen LogP contribution in [-0.2, 0) is 11.3 Å². The van der Waals surface area contributed by atoms with Crippen LogP contribution in [0, 0.1) is 11.3 Å². The highest BCUT2D eigenvalue weighted by molar-refractivity contribution is 6.21. The summed E-state index contributed by atoms with van der Waals surface area (Å²) in [6, 6.07) is 15.9. The van der Waals surface area contributed by atoms with E-state index in [-0.39, 0.29) is 30.7 Å². The molecule has 30 heavy (non-hydrogen) atoms. The fourth-order valence-corrected chi connectivity index (χ4v) is 3.33. The molecule has 0 aliphatic carbocycles. The maximum absolute atomic E-state index is 12.9. The molecule has 7 nitrogen and oxygen atoms in total.